The number of aliphatic hydroxyl groups is 2. The zero-order valence-corrected chi connectivity index (χ0v) is 64.9. The maximum Gasteiger partial charge on any atom is 0.472 e. The van der Waals surface area contributed by atoms with Gasteiger partial charge in [-0.25, -0.2) is 9.13 Å². The molecule has 0 aliphatic carbocycles. The van der Waals surface area contributed by atoms with Gasteiger partial charge in [0.1, 0.15) is 25.4 Å². The first kappa shape index (κ1) is 97.1. The standard InChI is InChI=1S/C85H134O16P2/c1-4-7-10-13-16-19-22-25-28-31-33-34-35-36-37-38-39-40-41-42-43-44-46-49-50-53-56-59-62-65-68-71-83(88)95-74-80(86)75-97-102(91,92)98-76-81(87)77-99-103(93,94)100-79-82(101-85(90)73-70-67-64-61-58-55-52-47-30-27-24-21-18-15-12-9-6-3)78-96-84(89)72-69-66-63-60-57-54-51-48-45-32-29-26-23-20-17-14-11-8-5-2/h7-12,16-21,25-30,33-34,36-37,39-40,45,48,52,54-55,57,61,63-64,66,80-82,86-87H,4-6,13-15,22-24,31-32,35,38,41-44,46-47,49-51,53,56,58-60,62,65,67-79H2,1-3H3,(H,91,92)(H,93,94)/b10-7-,11-8-,12-9-,19-16-,20-17-,21-18-,28-25-,29-26-,30-27-,34-33-,37-36-,40-39-,48-45-,55-52-,57-54-,64-61-,66-63-. The van der Waals surface area contributed by atoms with Gasteiger partial charge in [0, 0.05) is 19.3 Å². The first-order valence-electron chi connectivity index (χ1n) is 38.4. The van der Waals surface area contributed by atoms with Crippen molar-refractivity contribution in [3.8, 4) is 0 Å². The van der Waals surface area contributed by atoms with Crippen LogP contribution in [-0.4, -0.2) is 95.9 Å². The van der Waals surface area contributed by atoms with Crippen LogP contribution in [0.25, 0.3) is 0 Å². The molecule has 0 heterocycles. The van der Waals surface area contributed by atoms with Crippen LogP contribution in [0.15, 0.2) is 207 Å². The number of phosphoric acid groups is 2. The fraction of sp³-hybridized carbons (Fsp3) is 0.565. The van der Waals surface area contributed by atoms with Crippen molar-refractivity contribution in [1.82, 2.24) is 0 Å². The highest BCUT2D eigenvalue weighted by atomic mass is 31.2. The lowest BCUT2D eigenvalue weighted by Crippen LogP contribution is -2.30. The van der Waals surface area contributed by atoms with E-state index < -0.39 is 91.5 Å². The summed E-state index contributed by atoms with van der Waals surface area (Å²) in [5.74, 6) is -1.76. The number of hydrogen-bond acceptors (Lipinski definition) is 14. The average Bonchev–Trinajstić information content (AvgIpc) is 0.915. The summed E-state index contributed by atoms with van der Waals surface area (Å²) in [6, 6.07) is 0. The van der Waals surface area contributed by atoms with Crippen molar-refractivity contribution in [2.24, 2.45) is 0 Å². The lowest BCUT2D eigenvalue weighted by atomic mass is 10.0. The summed E-state index contributed by atoms with van der Waals surface area (Å²) in [5, 5.41) is 20.6. The fourth-order valence-electron chi connectivity index (χ4n) is 9.28. The Morgan fingerprint density at radius 2 is 0.515 bits per heavy atom. The van der Waals surface area contributed by atoms with Gasteiger partial charge in [-0.3, -0.25) is 32.5 Å². The van der Waals surface area contributed by atoms with Crippen molar-refractivity contribution in [1.29, 1.82) is 0 Å². The first-order valence-corrected chi connectivity index (χ1v) is 41.4. The monoisotopic (exact) mass is 1470 g/mol. The summed E-state index contributed by atoms with van der Waals surface area (Å²) in [5.41, 5.74) is 0. The largest absolute Gasteiger partial charge is 0.472 e. The molecule has 0 aromatic heterocycles. The van der Waals surface area contributed by atoms with E-state index in [0.717, 1.165) is 135 Å². The van der Waals surface area contributed by atoms with Crippen LogP contribution in [0, 0.1) is 0 Å². The van der Waals surface area contributed by atoms with Gasteiger partial charge in [0.15, 0.2) is 6.10 Å². The van der Waals surface area contributed by atoms with Crippen molar-refractivity contribution < 1.29 is 75.8 Å². The van der Waals surface area contributed by atoms with E-state index in [1.165, 1.54) is 44.9 Å². The Morgan fingerprint density at radius 3 is 0.854 bits per heavy atom. The van der Waals surface area contributed by atoms with Gasteiger partial charge in [0.05, 0.1) is 26.4 Å². The Bertz CT molecular complexity index is 2700. The molecule has 0 aromatic carbocycles. The van der Waals surface area contributed by atoms with Crippen molar-refractivity contribution in [2.75, 3.05) is 39.6 Å². The maximum absolute atomic E-state index is 12.9. The number of hydrogen-bond donors (Lipinski definition) is 4. The van der Waals surface area contributed by atoms with Gasteiger partial charge in [-0.05, 0) is 148 Å². The van der Waals surface area contributed by atoms with Crippen LogP contribution < -0.4 is 0 Å². The predicted octanol–water partition coefficient (Wildman–Crippen LogP) is 22.5. The van der Waals surface area contributed by atoms with Crippen LogP contribution in [0.3, 0.4) is 0 Å². The van der Waals surface area contributed by atoms with E-state index in [1.54, 1.807) is 0 Å². The summed E-state index contributed by atoms with van der Waals surface area (Å²) in [7, 11) is -9.85. The molecule has 0 spiro atoms. The zero-order valence-electron chi connectivity index (χ0n) is 63.1. The molecule has 4 N–H and O–H groups in total. The van der Waals surface area contributed by atoms with Crippen molar-refractivity contribution in [3.05, 3.63) is 207 Å². The summed E-state index contributed by atoms with van der Waals surface area (Å²) in [4.78, 5) is 58.5. The third kappa shape index (κ3) is 77.1. The Kier molecular flexibility index (Phi) is 71.5. The van der Waals surface area contributed by atoms with Gasteiger partial charge >= 0.3 is 33.6 Å². The van der Waals surface area contributed by atoms with E-state index >= 15 is 0 Å². The normalized spacial score (nSPS) is 15.1. The Labute approximate surface area is 622 Å². The SMILES string of the molecule is CC/C=C\C/C=C\C/C=C\C/C=C\C/C=C\C/C=C\CCCCCCCCCCCCCCC(=O)OCC(O)COP(=O)(O)OCC(O)COP(=O)(O)OCC(COC(=O)CC/C=C\C/C=C\C/C=C\C/C=C\C/C=C\C/C=C\CC)OC(=O)CCC/C=C\C/C=C\C/C=C\C/C=C\C/C=C\CC. The molecule has 18 heteroatoms. The molecule has 580 valence electrons. The summed E-state index contributed by atoms with van der Waals surface area (Å²) < 4.78 is 60.9. The van der Waals surface area contributed by atoms with Crippen molar-refractivity contribution in [2.45, 2.75) is 270 Å². The second kappa shape index (κ2) is 75.8. The molecule has 0 fully saturated rings. The van der Waals surface area contributed by atoms with Crippen LogP contribution >= 0.6 is 15.6 Å². The number of unbranched alkanes of at least 4 members (excludes halogenated alkanes) is 13. The smallest absolute Gasteiger partial charge is 0.463 e. The molecule has 16 nitrogen and oxygen atoms in total. The van der Waals surface area contributed by atoms with E-state index in [4.69, 9.17) is 32.3 Å². The topological polar surface area (TPSA) is 231 Å². The molecule has 5 unspecified atom stereocenters. The van der Waals surface area contributed by atoms with E-state index in [-0.39, 0.29) is 19.3 Å². The lowest BCUT2D eigenvalue weighted by Gasteiger charge is -2.21. The molecule has 0 saturated heterocycles. The molecule has 0 radical (unpaired) electrons. The predicted molar refractivity (Wildman–Crippen MR) is 426 cm³/mol. The third-order valence-electron chi connectivity index (χ3n) is 15.0. The number of allylic oxidation sites excluding steroid dienone is 34. The highest BCUT2D eigenvalue weighted by molar-refractivity contribution is 7.47. The highest BCUT2D eigenvalue weighted by Gasteiger charge is 2.29. The number of phosphoric ester groups is 2. The molecular formula is C85H134O16P2. The van der Waals surface area contributed by atoms with Gasteiger partial charge in [-0.15, -0.1) is 0 Å². The van der Waals surface area contributed by atoms with Gasteiger partial charge in [0.25, 0.3) is 0 Å². The minimum absolute atomic E-state index is 0.00197. The molecule has 0 amide bonds. The Hall–Kier alpha value is -5.87. The number of carbonyl (C=O) groups excluding carboxylic acids is 3. The molecule has 0 saturated carbocycles. The third-order valence-corrected chi connectivity index (χ3v) is 16.9. The number of rotatable bonds is 70. The van der Waals surface area contributed by atoms with Gasteiger partial charge in [0.2, 0.25) is 0 Å². The van der Waals surface area contributed by atoms with Crippen LogP contribution in [-0.2, 0) is 55.8 Å². The molecule has 5 atom stereocenters. The van der Waals surface area contributed by atoms with Gasteiger partial charge < -0.3 is 34.2 Å². The van der Waals surface area contributed by atoms with Gasteiger partial charge in [-0.2, -0.15) is 0 Å². The highest BCUT2D eigenvalue weighted by Crippen LogP contribution is 2.45. The lowest BCUT2D eigenvalue weighted by molar-refractivity contribution is -0.161. The number of esters is 3. The molecule has 0 aromatic rings. The first-order chi connectivity index (χ1) is 50.2. The molecule has 103 heavy (non-hydrogen) atoms. The fourth-order valence-corrected chi connectivity index (χ4v) is 10.9. The van der Waals surface area contributed by atoms with Gasteiger partial charge in [-0.1, -0.05) is 292 Å². The molecule has 0 aliphatic heterocycles. The van der Waals surface area contributed by atoms with Crippen LogP contribution in [0.1, 0.15) is 252 Å². The van der Waals surface area contributed by atoms with Crippen molar-refractivity contribution >= 4 is 33.6 Å². The zero-order chi connectivity index (χ0) is 75.2. The molecular weight excluding hydrogens is 1340 g/mol. The summed E-state index contributed by atoms with van der Waals surface area (Å²) in [6.45, 7) is 2.14. The van der Waals surface area contributed by atoms with Crippen LogP contribution in [0.2, 0.25) is 0 Å². The average molecular weight is 1470 g/mol. The van der Waals surface area contributed by atoms with E-state index in [9.17, 15) is 43.5 Å². The number of carbonyl (C=O) groups is 3. The summed E-state index contributed by atoms with van der Waals surface area (Å²) in [6.07, 6.45) is 101. The second-order valence-corrected chi connectivity index (χ2v) is 27.6. The van der Waals surface area contributed by atoms with Crippen LogP contribution in [0.4, 0.5) is 0 Å². The Morgan fingerprint density at radius 1 is 0.272 bits per heavy atom. The van der Waals surface area contributed by atoms with Crippen molar-refractivity contribution in [3.63, 3.8) is 0 Å². The minimum Gasteiger partial charge on any atom is -0.463 e. The van der Waals surface area contributed by atoms with E-state index in [2.05, 4.69) is 197 Å². The quantitative estimate of drug-likeness (QED) is 0.0146. The molecule has 0 rings (SSSR count). The number of ether oxygens (including phenoxy) is 3. The maximum atomic E-state index is 12.9. The van der Waals surface area contributed by atoms with E-state index in [1.807, 2.05) is 30.4 Å². The molecule has 0 bridgehead atoms. The number of aliphatic hydroxyl groups excluding tert-OH is 2. The van der Waals surface area contributed by atoms with E-state index in [0.29, 0.717) is 32.1 Å². The second-order valence-electron chi connectivity index (χ2n) is 24.7. The Balaban J connectivity index is 4.63. The molecule has 0 aliphatic rings. The minimum atomic E-state index is -4.97. The summed E-state index contributed by atoms with van der Waals surface area (Å²) >= 11 is 0. The van der Waals surface area contributed by atoms with Crippen LogP contribution in [0.5, 0.6) is 0 Å².